The van der Waals surface area contributed by atoms with E-state index in [1.165, 1.54) is 6.42 Å². The quantitative estimate of drug-likeness (QED) is 0.833. The second-order valence-electron chi connectivity index (χ2n) is 5.07. The van der Waals surface area contributed by atoms with Gasteiger partial charge in [0, 0.05) is 12.3 Å². The summed E-state index contributed by atoms with van der Waals surface area (Å²) in [5, 5.41) is 0. The van der Waals surface area contributed by atoms with Gasteiger partial charge >= 0.3 is 0 Å². The van der Waals surface area contributed by atoms with Gasteiger partial charge in [-0.3, -0.25) is 0 Å². The molecule has 1 aromatic rings. The highest BCUT2D eigenvalue weighted by molar-refractivity contribution is 5.35. The molecule has 1 aliphatic carbocycles. The third kappa shape index (κ3) is 2.87. The minimum absolute atomic E-state index is 0.334. The summed E-state index contributed by atoms with van der Waals surface area (Å²) in [6, 6.07) is 3.67. The first-order valence-electron chi connectivity index (χ1n) is 6.01. The summed E-state index contributed by atoms with van der Waals surface area (Å²) >= 11 is 0. The molecule has 1 fully saturated rings. The van der Waals surface area contributed by atoms with Crippen LogP contribution in [0, 0.1) is 11.8 Å². The van der Waals surface area contributed by atoms with Gasteiger partial charge in [0.25, 0.3) is 0 Å². The van der Waals surface area contributed by atoms with Gasteiger partial charge in [-0.2, -0.15) is 0 Å². The summed E-state index contributed by atoms with van der Waals surface area (Å²) in [4.78, 5) is 3.96. The Balaban J connectivity index is 1.98. The van der Waals surface area contributed by atoms with Gasteiger partial charge in [0.1, 0.15) is 11.6 Å². The first-order chi connectivity index (χ1) is 7.63. The molecule has 88 valence electrons. The topological polar surface area (TPSA) is 48.1 Å². The molecule has 16 heavy (non-hydrogen) atoms. The first-order valence-corrected chi connectivity index (χ1v) is 6.01. The fourth-order valence-corrected chi connectivity index (χ4v) is 2.66. The van der Waals surface area contributed by atoms with Crippen LogP contribution in [0.3, 0.4) is 0 Å². The van der Waals surface area contributed by atoms with Crippen LogP contribution in [0.1, 0.15) is 33.1 Å². The highest BCUT2D eigenvalue weighted by atomic mass is 16.5. The van der Waals surface area contributed by atoms with E-state index in [4.69, 9.17) is 10.5 Å². The van der Waals surface area contributed by atoms with E-state index in [-0.39, 0.29) is 0 Å². The number of nitrogens with zero attached hydrogens (tertiary/aromatic N) is 1. The Labute approximate surface area is 97.0 Å². The lowest BCUT2D eigenvalue weighted by molar-refractivity contribution is 0.101. The molecule has 0 aromatic carbocycles. The van der Waals surface area contributed by atoms with Gasteiger partial charge in [0.2, 0.25) is 0 Å². The van der Waals surface area contributed by atoms with Gasteiger partial charge in [0.05, 0.1) is 6.10 Å². The molecule has 0 saturated heterocycles. The zero-order chi connectivity index (χ0) is 11.5. The van der Waals surface area contributed by atoms with Crippen LogP contribution in [0.5, 0.6) is 5.75 Å². The molecule has 2 atom stereocenters. The Hall–Kier alpha value is -1.25. The smallest absolute Gasteiger partial charge is 0.126 e. The minimum atomic E-state index is 0.334. The molecule has 0 aliphatic heterocycles. The number of aromatic nitrogens is 1. The maximum atomic E-state index is 5.96. The Bertz CT molecular complexity index is 344. The summed E-state index contributed by atoms with van der Waals surface area (Å²) in [5.74, 6) is 2.88. The van der Waals surface area contributed by atoms with E-state index >= 15 is 0 Å². The van der Waals surface area contributed by atoms with Crippen molar-refractivity contribution in [2.75, 3.05) is 5.73 Å². The van der Waals surface area contributed by atoms with Crippen molar-refractivity contribution in [3.8, 4) is 5.75 Å². The second kappa shape index (κ2) is 4.73. The van der Waals surface area contributed by atoms with Gasteiger partial charge in [-0.15, -0.1) is 0 Å². The van der Waals surface area contributed by atoms with Crippen LogP contribution in [0.25, 0.3) is 0 Å². The SMILES string of the molecule is CC1CC(C)CC(Oc2ccnc(N)c2)C1. The lowest BCUT2D eigenvalue weighted by Gasteiger charge is -2.31. The van der Waals surface area contributed by atoms with Crippen molar-refractivity contribution in [3.63, 3.8) is 0 Å². The Morgan fingerprint density at radius 1 is 1.25 bits per heavy atom. The van der Waals surface area contributed by atoms with Gasteiger partial charge < -0.3 is 10.5 Å². The summed E-state index contributed by atoms with van der Waals surface area (Å²) in [6.07, 6.45) is 5.64. The van der Waals surface area contributed by atoms with Crippen LogP contribution in [0.2, 0.25) is 0 Å². The molecule has 2 unspecified atom stereocenters. The molecule has 0 bridgehead atoms. The summed E-state index contributed by atoms with van der Waals surface area (Å²) in [6.45, 7) is 4.60. The largest absolute Gasteiger partial charge is 0.490 e. The molecule has 0 radical (unpaired) electrons. The van der Waals surface area contributed by atoms with E-state index in [0.29, 0.717) is 11.9 Å². The molecule has 1 aliphatic rings. The molecule has 2 N–H and O–H groups in total. The highest BCUT2D eigenvalue weighted by Gasteiger charge is 2.25. The lowest BCUT2D eigenvalue weighted by atomic mass is 9.82. The van der Waals surface area contributed by atoms with Crippen molar-refractivity contribution >= 4 is 5.82 Å². The Morgan fingerprint density at radius 3 is 2.56 bits per heavy atom. The summed E-state index contributed by atoms with van der Waals surface area (Å²) < 4.78 is 5.96. The lowest BCUT2D eigenvalue weighted by Crippen LogP contribution is -2.28. The van der Waals surface area contributed by atoms with Crippen LogP contribution in [-0.2, 0) is 0 Å². The van der Waals surface area contributed by atoms with Gasteiger partial charge in [-0.05, 0) is 37.2 Å². The molecule has 2 rings (SSSR count). The monoisotopic (exact) mass is 220 g/mol. The van der Waals surface area contributed by atoms with Crippen molar-refractivity contribution in [2.24, 2.45) is 11.8 Å². The summed E-state index contributed by atoms with van der Waals surface area (Å²) in [7, 11) is 0. The number of pyridine rings is 1. The third-order valence-corrected chi connectivity index (χ3v) is 3.19. The maximum absolute atomic E-state index is 5.96. The Morgan fingerprint density at radius 2 is 1.94 bits per heavy atom. The predicted octanol–water partition coefficient (Wildman–Crippen LogP) is 2.87. The zero-order valence-corrected chi connectivity index (χ0v) is 10.0. The van der Waals surface area contributed by atoms with Gasteiger partial charge in [-0.1, -0.05) is 13.8 Å². The fraction of sp³-hybridized carbons (Fsp3) is 0.615. The zero-order valence-electron chi connectivity index (χ0n) is 10.0. The van der Waals surface area contributed by atoms with Gasteiger partial charge in [-0.25, -0.2) is 4.98 Å². The Kier molecular flexibility index (Phi) is 3.32. The van der Waals surface area contributed by atoms with Crippen molar-refractivity contribution in [1.82, 2.24) is 4.98 Å². The van der Waals surface area contributed by atoms with Crippen LogP contribution < -0.4 is 10.5 Å². The molecule has 0 amide bonds. The number of nitrogens with two attached hydrogens (primary N) is 1. The number of ether oxygens (including phenoxy) is 1. The minimum Gasteiger partial charge on any atom is -0.490 e. The predicted molar refractivity (Wildman–Crippen MR) is 65.2 cm³/mol. The normalized spacial score (nSPS) is 30.0. The number of hydrogen-bond acceptors (Lipinski definition) is 3. The number of nitrogen functional groups attached to an aromatic ring is 1. The van der Waals surface area contributed by atoms with Gasteiger partial charge in [0.15, 0.2) is 0 Å². The van der Waals surface area contributed by atoms with E-state index in [2.05, 4.69) is 18.8 Å². The van der Waals surface area contributed by atoms with Crippen molar-refractivity contribution < 1.29 is 4.74 Å². The van der Waals surface area contributed by atoms with Crippen LogP contribution >= 0.6 is 0 Å². The number of rotatable bonds is 2. The first kappa shape index (κ1) is 11.2. The average molecular weight is 220 g/mol. The van der Waals surface area contributed by atoms with E-state index in [9.17, 15) is 0 Å². The molecular formula is C13H20N2O. The van der Waals surface area contributed by atoms with E-state index < -0.39 is 0 Å². The van der Waals surface area contributed by atoms with E-state index in [1.807, 2.05) is 6.07 Å². The van der Waals surface area contributed by atoms with Crippen molar-refractivity contribution in [1.29, 1.82) is 0 Å². The van der Waals surface area contributed by atoms with Crippen LogP contribution in [0.15, 0.2) is 18.3 Å². The second-order valence-corrected chi connectivity index (χ2v) is 5.07. The number of hydrogen-bond donors (Lipinski definition) is 1. The third-order valence-electron chi connectivity index (χ3n) is 3.19. The number of anilines is 1. The molecule has 3 heteroatoms. The van der Waals surface area contributed by atoms with Crippen LogP contribution in [-0.4, -0.2) is 11.1 Å². The average Bonchev–Trinajstić information content (AvgIpc) is 2.15. The highest BCUT2D eigenvalue weighted by Crippen LogP contribution is 2.31. The molecule has 1 heterocycles. The standard InChI is InChI=1S/C13H20N2O/c1-9-5-10(2)7-12(6-9)16-11-3-4-15-13(14)8-11/h3-4,8-10,12H,5-7H2,1-2H3,(H2,14,15). The van der Waals surface area contributed by atoms with Crippen LogP contribution in [0.4, 0.5) is 5.82 Å². The molecule has 1 saturated carbocycles. The summed E-state index contributed by atoms with van der Waals surface area (Å²) in [5.41, 5.74) is 5.63. The van der Waals surface area contributed by atoms with Crippen molar-refractivity contribution in [2.45, 2.75) is 39.2 Å². The molecule has 1 aromatic heterocycles. The molecular weight excluding hydrogens is 200 g/mol. The van der Waals surface area contributed by atoms with E-state index in [0.717, 1.165) is 30.4 Å². The fourth-order valence-electron chi connectivity index (χ4n) is 2.66. The molecule has 3 nitrogen and oxygen atoms in total. The van der Waals surface area contributed by atoms with Crippen molar-refractivity contribution in [3.05, 3.63) is 18.3 Å². The van der Waals surface area contributed by atoms with E-state index in [1.54, 1.807) is 12.3 Å². The molecule has 0 spiro atoms. The maximum Gasteiger partial charge on any atom is 0.126 e.